The second-order valence-electron chi connectivity index (χ2n) is 4.12. The van der Waals surface area contributed by atoms with E-state index in [-0.39, 0.29) is 13.2 Å². The maximum atomic E-state index is 10.4. The van der Waals surface area contributed by atoms with E-state index in [0.717, 1.165) is 9.79 Å². The number of carbonyl (C=O) groups excluding carboxylic acids is 1. The maximum Gasteiger partial charge on any atom is 0.508 e. The lowest BCUT2D eigenvalue weighted by molar-refractivity contribution is 0.0718. The summed E-state index contributed by atoms with van der Waals surface area (Å²) in [5, 5.41) is 0. The molecule has 2 rings (SSSR count). The van der Waals surface area contributed by atoms with Gasteiger partial charge in [-0.2, -0.15) is 0 Å². The number of carbonyl (C=O) groups is 1. The summed E-state index contributed by atoms with van der Waals surface area (Å²) in [5.41, 5.74) is 0. The van der Waals surface area contributed by atoms with Crippen molar-refractivity contribution in [2.75, 3.05) is 13.2 Å². The molecule has 0 radical (unpaired) electrons. The summed E-state index contributed by atoms with van der Waals surface area (Å²) in [7, 11) is 0. The molecule has 0 fully saturated rings. The van der Waals surface area contributed by atoms with Crippen molar-refractivity contribution in [1.82, 2.24) is 0 Å². The number of thiol groups is 2. The van der Waals surface area contributed by atoms with Gasteiger partial charge in [-0.25, -0.2) is 4.79 Å². The third-order valence-corrected chi connectivity index (χ3v) is 2.75. The zero-order valence-electron chi connectivity index (χ0n) is 13.4. The van der Waals surface area contributed by atoms with E-state index >= 15 is 0 Å². The van der Waals surface area contributed by atoms with Gasteiger partial charge in [0, 0.05) is 9.79 Å². The van der Waals surface area contributed by atoms with Crippen molar-refractivity contribution >= 4 is 31.4 Å². The predicted molar refractivity (Wildman–Crippen MR) is 105 cm³/mol. The van der Waals surface area contributed by atoms with Gasteiger partial charge in [-0.1, -0.05) is 61.7 Å². The highest BCUT2D eigenvalue weighted by molar-refractivity contribution is 7.80. The molecule has 0 amide bonds. The Morgan fingerprint density at radius 2 is 1.12 bits per heavy atom. The molecule has 128 valence electrons. The first-order valence-corrected chi connectivity index (χ1v) is 7.99. The summed E-state index contributed by atoms with van der Waals surface area (Å²) >= 11 is 8.17. The fourth-order valence-electron chi connectivity index (χ4n) is 1.15. The van der Waals surface area contributed by atoms with Crippen molar-refractivity contribution in [1.29, 1.82) is 0 Å². The smallest absolute Gasteiger partial charge is 0.430 e. The van der Waals surface area contributed by atoms with Crippen LogP contribution in [-0.2, 0) is 9.47 Å². The molecule has 0 spiro atoms. The highest BCUT2D eigenvalue weighted by atomic mass is 32.1. The van der Waals surface area contributed by atoms with E-state index in [9.17, 15) is 4.79 Å². The molecule has 0 bridgehead atoms. The molecule has 2 aromatic carbocycles. The highest BCUT2D eigenvalue weighted by Crippen LogP contribution is 2.01. The number of benzene rings is 2. The van der Waals surface area contributed by atoms with Gasteiger partial charge in [0.1, 0.15) is 13.2 Å². The molecule has 0 heterocycles. The number of rotatable bonds is 4. The van der Waals surface area contributed by atoms with Crippen molar-refractivity contribution < 1.29 is 14.3 Å². The van der Waals surface area contributed by atoms with E-state index < -0.39 is 6.16 Å². The van der Waals surface area contributed by atoms with Gasteiger partial charge >= 0.3 is 6.16 Å². The molecule has 0 N–H and O–H groups in total. The standard InChI is InChI=1S/C7H10O3.2C6H6S/c1-3-5-9-7(8)10-6-4-2;2*7-6-4-2-1-3-5-6/h3-4H,1-2,5-6H2;2*1-5,7H. The number of hydrogen-bond acceptors (Lipinski definition) is 5. The van der Waals surface area contributed by atoms with Gasteiger partial charge in [0.05, 0.1) is 0 Å². The summed E-state index contributed by atoms with van der Waals surface area (Å²) in [4.78, 5) is 12.5. The Hall–Kier alpha value is -2.11. The molecular formula is C19H22O3S2. The molecular weight excluding hydrogens is 340 g/mol. The highest BCUT2D eigenvalue weighted by Gasteiger charge is 1.97. The van der Waals surface area contributed by atoms with Crippen molar-refractivity contribution in [3.8, 4) is 0 Å². The van der Waals surface area contributed by atoms with Gasteiger partial charge in [0.15, 0.2) is 0 Å². The molecule has 0 aliphatic carbocycles. The minimum absolute atomic E-state index is 0.177. The van der Waals surface area contributed by atoms with Crippen LogP contribution in [0, 0.1) is 0 Å². The van der Waals surface area contributed by atoms with Crippen LogP contribution in [0.5, 0.6) is 0 Å². The molecule has 0 saturated heterocycles. The molecule has 3 nitrogen and oxygen atoms in total. The van der Waals surface area contributed by atoms with E-state index in [2.05, 4.69) is 47.9 Å². The Morgan fingerprint density at radius 1 is 0.792 bits per heavy atom. The van der Waals surface area contributed by atoms with Gasteiger partial charge in [0.25, 0.3) is 0 Å². The lowest BCUT2D eigenvalue weighted by atomic mass is 10.4. The van der Waals surface area contributed by atoms with Crippen LogP contribution in [0.3, 0.4) is 0 Å². The fourth-order valence-corrected chi connectivity index (χ4v) is 1.50. The average molecular weight is 363 g/mol. The molecule has 0 unspecified atom stereocenters. The largest absolute Gasteiger partial charge is 0.508 e. The van der Waals surface area contributed by atoms with Gasteiger partial charge < -0.3 is 9.47 Å². The topological polar surface area (TPSA) is 35.5 Å². The second-order valence-corrected chi connectivity index (χ2v) is 5.15. The van der Waals surface area contributed by atoms with Gasteiger partial charge in [-0.15, -0.1) is 25.3 Å². The van der Waals surface area contributed by atoms with Crippen molar-refractivity contribution in [2.24, 2.45) is 0 Å². The lowest BCUT2D eigenvalue weighted by Crippen LogP contribution is -2.06. The Labute approximate surface area is 154 Å². The summed E-state index contributed by atoms with van der Waals surface area (Å²) in [6.07, 6.45) is 2.24. The summed E-state index contributed by atoms with van der Waals surface area (Å²) in [6, 6.07) is 19.6. The molecule has 0 aliphatic heterocycles. The second kappa shape index (κ2) is 15.8. The molecule has 0 aliphatic rings. The first-order chi connectivity index (χ1) is 11.6. The Kier molecular flexibility index (Phi) is 14.4. The molecule has 0 aromatic heterocycles. The Bertz CT molecular complexity index is 520. The van der Waals surface area contributed by atoms with Crippen molar-refractivity contribution in [2.45, 2.75) is 9.79 Å². The van der Waals surface area contributed by atoms with E-state index in [1.54, 1.807) is 0 Å². The zero-order chi connectivity index (χ0) is 18.0. The Balaban J connectivity index is 0.000000337. The van der Waals surface area contributed by atoms with Crippen LogP contribution in [0.1, 0.15) is 0 Å². The van der Waals surface area contributed by atoms with Gasteiger partial charge in [0.2, 0.25) is 0 Å². The summed E-state index contributed by atoms with van der Waals surface area (Å²) in [6.45, 7) is 7.07. The minimum atomic E-state index is -0.695. The monoisotopic (exact) mass is 362 g/mol. The van der Waals surface area contributed by atoms with Crippen molar-refractivity contribution in [3.63, 3.8) is 0 Å². The van der Waals surface area contributed by atoms with Crippen LogP contribution in [0.25, 0.3) is 0 Å². The van der Waals surface area contributed by atoms with E-state index in [1.165, 1.54) is 12.2 Å². The zero-order valence-corrected chi connectivity index (χ0v) is 15.2. The van der Waals surface area contributed by atoms with E-state index in [1.807, 2.05) is 60.7 Å². The first kappa shape index (κ1) is 21.9. The van der Waals surface area contributed by atoms with Gasteiger partial charge in [-0.05, 0) is 24.3 Å². The fraction of sp³-hybridized carbons (Fsp3) is 0.105. The van der Waals surface area contributed by atoms with Crippen LogP contribution in [0.15, 0.2) is 95.8 Å². The SMILES string of the molecule is C=CCOC(=O)OCC=C.Sc1ccccc1.Sc1ccccc1. The van der Waals surface area contributed by atoms with Gasteiger partial charge in [-0.3, -0.25) is 0 Å². The third-order valence-electron chi connectivity index (χ3n) is 2.15. The molecule has 2 aromatic rings. The average Bonchev–Trinajstić information content (AvgIpc) is 2.60. The lowest BCUT2D eigenvalue weighted by Gasteiger charge is -1.99. The van der Waals surface area contributed by atoms with Crippen molar-refractivity contribution in [3.05, 3.63) is 86.0 Å². The number of hydrogen-bond donors (Lipinski definition) is 2. The Morgan fingerprint density at radius 3 is 1.33 bits per heavy atom. The molecule has 24 heavy (non-hydrogen) atoms. The quantitative estimate of drug-likeness (QED) is 0.430. The molecule has 5 heteroatoms. The number of ether oxygens (including phenoxy) is 2. The van der Waals surface area contributed by atoms with Crippen LogP contribution < -0.4 is 0 Å². The van der Waals surface area contributed by atoms with Crippen LogP contribution in [0.4, 0.5) is 4.79 Å². The van der Waals surface area contributed by atoms with E-state index in [0.29, 0.717) is 0 Å². The molecule has 0 atom stereocenters. The van der Waals surface area contributed by atoms with Crippen LogP contribution in [-0.4, -0.2) is 19.4 Å². The summed E-state index contributed by atoms with van der Waals surface area (Å²) < 4.78 is 8.93. The maximum absolute atomic E-state index is 10.4. The first-order valence-electron chi connectivity index (χ1n) is 7.09. The minimum Gasteiger partial charge on any atom is -0.430 e. The third kappa shape index (κ3) is 14.8. The summed E-state index contributed by atoms with van der Waals surface area (Å²) in [5.74, 6) is 0. The normalized spacial score (nSPS) is 8.42. The van der Waals surface area contributed by atoms with Crippen LogP contribution >= 0.6 is 25.3 Å². The predicted octanol–water partition coefficient (Wildman–Crippen LogP) is 5.46. The molecule has 0 saturated carbocycles. The van der Waals surface area contributed by atoms with E-state index in [4.69, 9.17) is 0 Å². The van der Waals surface area contributed by atoms with Crippen LogP contribution in [0.2, 0.25) is 0 Å².